The molecule has 5 heteroatoms. The minimum Gasteiger partial charge on any atom is -0.490 e. The Morgan fingerprint density at radius 3 is 2.66 bits per heavy atom. The first kappa shape index (κ1) is 21.6. The molecule has 0 bridgehead atoms. The minimum atomic E-state index is -0.382. The molecule has 2 aliphatic heterocycles. The molecule has 1 saturated heterocycles. The van der Waals surface area contributed by atoms with Gasteiger partial charge in [-0.15, -0.1) is 0 Å². The van der Waals surface area contributed by atoms with Crippen LogP contribution in [-0.4, -0.2) is 42.2 Å². The average molecular weight is 400 g/mol. The number of aryl methyl sites for hydroxylation is 3. The van der Waals surface area contributed by atoms with Gasteiger partial charge < -0.3 is 25.0 Å². The van der Waals surface area contributed by atoms with E-state index in [0.717, 1.165) is 36.6 Å². The van der Waals surface area contributed by atoms with Gasteiger partial charge in [0, 0.05) is 19.4 Å². The summed E-state index contributed by atoms with van der Waals surface area (Å²) in [5.41, 5.74) is 6.06. The zero-order chi connectivity index (χ0) is 20.8. The van der Waals surface area contributed by atoms with Gasteiger partial charge in [-0.05, 0) is 54.7 Å². The third-order valence-electron chi connectivity index (χ3n) is 5.51. The number of rotatable bonds is 3. The molecular formula is C24H33NO4. The highest BCUT2D eigenvalue weighted by Crippen LogP contribution is 2.32. The Bertz CT molecular complexity index is 807. The molecule has 0 spiro atoms. The number of fused-ring (bicyclic) bond motifs is 1. The van der Waals surface area contributed by atoms with E-state index in [9.17, 15) is 10.2 Å². The summed E-state index contributed by atoms with van der Waals surface area (Å²) in [6, 6.07) is 12.5. The molecule has 3 unspecified atom stereocenters. The Morgan fingerprint density at radius 2 is 1.93 bits per heavy atom. The van der Waals surface area contributed by atoms with E-state index in [0.29, 0.717) is 12.8 Å². The van der Waals surface area contributed by atoms with Crippen LogP contribution in [0.5, 0.6) is 5.75 Å². The number of anilines is 1. The van der Waals surface area contributed by atoms with Crippen molar-refractivity contribution in [1.82, 2.24) is 0 Å². The first-order chi connectivity index (χ1) is 14.0. The first-order valence-electron chi connectivity index (χ1n) is 10.5. The fourth-order valence-electron chi connectivity index (χ4n) is 3.88. The highest BCUT2D eigenvalue weighted by Gasteiger charge is 2.29. The van der Waals surface area contributed by atoms with Crippen LogP contribution in [0.25, 0.3) is 0 Å². The van der Waals surface area contributed by atoms with Crippen molar-refractivity contribution in [1.29, 1.82) is 0 Å². The third-order valence-corrected chi connectivity index (χ3v) is 5.51. The molecule has 0 aromatic heterocycles. The number of hydrogen-bond donors (Lipinski definition) is 3. The second-order valence-electron chi connectivity index (χ2n) is 7.87. The maximum Gasteiger partial charge on any atom is 0.142 e. The summed E-state index contributed by atoms with van der Waals surface area (Å²) in [7, 11) is 0. The van der Waals surface area contributed by atoms with Crippen molar-refractivity contribution in [3.05, 3.63) is 58.7 Å². The van der Waals surface area contributed by atoms with E-state index in [1.807, 2.05) is 0 Å². The van der Waals surface area contributed by atoms with Crippen LogP contribution in [0.15, 0.2) is 36.4 Å². The van der Waals surface area contributed by atoms with E-state index in [1.165, 1.54) is 16.7 Å². The minimum absolute atomic E-state index is 0.0282. The maximum atomic E-state index is 9.82. The van der Waals surface area contributed by atoms with Gasteiger partial charge in [0.15, 0.2) is 0 Å². The molecule has 0 radical (unpaired) electrons. The Labute approximate surface area is 173 Å². The maximum absolute atomic E-state index is 9.82. The van der Waals surface area contributed by atoms with E-state index in [1.54, 1.807) is 0 Å². The van der Waals surface area contributed by atoms with Crippen LogP contribution in [-0.2, 0) is 11.2 Å². The number of benzene rings is 2. The molecule has 0 aliphatic carbocycles. The monoisotopic (exact) mass is 399 g/mol. The summed E-state index contributed by atoms with van der Waals surface area (Å²) in [5.74, 6) is 0.983. The smallest absolute Gasteiger partial charge is 0.142 e. The Hall–Kier alpha value is -2.08. The zero-order valence-corrected chi connectivity index (χ0v) is 17.6. The second kappa shape index (κ2) is 10.1. The fraction of sp³-hybridized carbons (Fsp3) is 0.500. The van der Waals surface area contributed by atoms with Crippen molar-refractivity contribution in [3.63, 3.8) is 0 Å². The molecule has 3 N–H and O–H groups in total. The van der Waals surface area contributed by atoms with Gasteiger partial charge in [0.25, 0.3) is 0 Å². The normalized spacial score (nSPS) is 23.1. The van der Waals surface area contributed by atoms with Crippen LogP contribution in [0, 0.1) is 13.8 Å². The topological polar surface area (TPSA) is 71.0 Å². The van der Waals surface area contributed by atoms with Crippen molar-refractivity contribution >= 4 is 5.69 Å². The third kappa shape index (κ3) is 5.72. The van der Waals surface area contributed by atoms with Crippen molar-refractivity contribution in [2.24, 2.45) is 0 Å². The lowest BCUT2D eigenvalue weighted by atomic mass is 9.93. The summed E-state index contributed by atoms with van der Waals surface area (Å²) in [4.78, 5) is 0. The summed E-state index contributed by atoms with van der Waals surface area (Å²) in [5, 5.41) is 22.3. The van der Waals surface area contributed by atoms with E-state index < -0.39 is 0 Å². The molecule has 2 aromatic carbocycles. The van der Waals surface area contributed by atoms with E-state index >= 15 is 0 Å². The van der Waals surface area contributed by atoms with Crippen LogP contribution in [0.3, 0.4) is 0 Å². The summed E-state index contributed by atoms with van der Waals surface area (Å²) in [6.07, 6.45) is 1.44. The fourth-order valence-corrected chi connectivity index (χ4v) is 3.88. The van der Waals surface area contributed by atoms with Gasteiger partial charge in [-0.2, -0.15) is 0 Å². The quantitative estimate of drug-likeness (QED) is 0.729. The van der Waals surface area contributed by atoms with Crippen LogP contribution in [0.4, 0.5) is 5.69 Å². The highest BCUT2D eigenvalue weighted by molar-refractivity contribution is 5.58. The van der Waals surface area contributed by atoms with Crippen molar-refractivity contribution in [3.8, 4) is 5.75 Å². The standard InChI is InChI=1S/C15H22O3.C9H11NO/c1-3-11-4-5-12(6-10(11)2)15-8-13(17)7-14(9-16)18-15;1-7-2-3-8-9(6-7)11-5-4-10-8/h4-6,13-17H,3,7-9H2,1-2H3;2-3,6,10H,4-5H2,1H3. The van der Waals surface area contributed by atoms with Crippen molar-refractivity contribution in [2.45, 2.75) is 58.3 Å². The number of ether oxygens (including phenoxy) is 2. The van der Waals surface area contributed by atoms with E-state index in [2.05, 4.69) is 62.5 Å². The molecule has 2 aliphatic rings. The van der Waals surface area contributed by atoms with Crippen LogP contribution in [0.2, 0.25) is 0 Å². The largest absolute Gasteiger partial charge is 0.490 e. The molecule has 3 atom stereocenters. The lowest BCUT2D eigenvalue weighted by molar-refractivity contribution is -0.113. The average Bonchev–Trinajstić information content (AvgIpc) is 2.73. The van der Waals surface area contributed by atoms with Crippen LogP contribution >= 0.6 is 0 Å². The van der Waals surface area contributed by atoms with Gasteiger partial charge in [0.2, 0.25) is 0 Å². The van der Waals surface area contributed by atoms with Gasteiger partial charge in [-0.3, -0.25) is 0 Å². The first-order valence-corrected chi connectivity index (χ1v) is 10.5. The molecule has 29 heavy (non-hydrogen) atoms. The van der Waals surface area contributed by atoms with E-state index in [4.69, 9.17) is 9.47 Å². The number of hydrogen-bond acceptors (Lipinski definition) is 5. The Morgan fingerprint density at radius 1 is 1.10 bits per heavy atom. The summed E-state index contributed by atoms with van der Waals surface area (Å²) >= 11 is 0. The molecule has 4 rings (SSSR count). The number of nitrogens with one attached hydrogen (secondary N) is 1. The van der Waals surface area contributed by atoms with Gasteiger partial charge in [-0.25, -0.2) is 0 Å². The second-order valence-corrected chi connectivity index (χ2v) is 7.87. The van der Waals surface area contributed by atoms with Crippen molar-refractivity contribution in [2.75, 3.05) is 25.1 Å². The summed E-state index contributed by atoms with van der Waals surface area (Å²) < 4.78 is 11.3. The lowest BCUT2D eigenvalue weighted by Gasteiger charge is -2.32. The van der Waals surface area contributed by atoms with Gasteiger partial charge >= 0.3 is 0 Å². The molecule has 158 valence electrons. The van der Waals surface area contributed by atoms with Gasteiger partial charge in [0.1, 0.15) is 12.4 Å². The predicted molar refractivity (Wildman–Crippen MR) is 116 cm³/mol. The van der Waals surface area contributed by atoms with Crippen LogP contribution < -0.4 is 10.1 Å². The van der Waals surface area contributed by atoms with Gasteiger partial charge in [-0.1, -0.05) is 31.2 Å². The van der Waals surface area contributed by atoms with Gasteiger partial charge in [0.05, 0.1) is 30.6 Å². The number of aliphatic hydroxyl groups excluding tert-OH is 2. The molecule has 5 nitrogen and oxygen atoms in total. The molecule has 1 fully saturated rings. The Balaban J connectivity index is 0.000000186. The van der Waals surface area contributed by atoms with Crippen molar-refractivity contribution < 1.29 is 19.7 Å². The SMILES string of the molecule is CCc1ccc(C2CC(O)CC(CO)O2)cc1C.Cc1ccc2c(c1)OCCN2. The molecular weight excluding hydrogens is 366 g/mol. The van der Waals surface area contributed by atoms with E-state index in [-0.39, 0.29) is 24.9 Å². The highest BCUT2D eigenvalue weighted by atomic mass is 16.5. The molecule has 2 aromatic rings. The number of aliphatic hydroxyl groups is 2. The molecule has 0 saturated carbocycles. The molecule has 0 amide bonds. The predicted octanol–water partition coefficient (Wildman–Crippen LogP) is 3.93. The van der Waals surface area contributed by atoms with Crippen LogP contribution in [0.1, 0.15) is 48.1 Å². The Kier molecular flexibility index (Phi) is 7.53. The molecule has 2 heterocycles. The lowest BCUT2D eigenvalue weighted by Crippen LogP contribution is -2.33. The summed E-state index contributed by atoms with van der Waals surface area (Å²) in [6.45, 7) is 7.97. The zero-order valence-electron chi connectivity index (χ0n) is 17.6.